The Hall–Kier alpha value is -1.68. The van der Waals surface area contributed by atoms with E-state index in [1.807, 2.05) is 37.3 Å². The van der Waals surface area contributed by atoms with Gasteiger partial charge in [-0.15, -0.1) is 0 Å². The molecule has 0 atom stereocenters. The molecule has 0 fully saturated rings. The number of fused-ring (bicyclic) bond motifs is 2. The summed E-state index contributed by atoms with van der Waals surface area (Å²) in [5.74, 6) is 0.740. The molecule has 4 heteroatoms. The third-order valence-corrected chi connectivity index (χ3v) is 3.60. The first-order chi connectivity index (χ1) is 8.70. The van der Waals surface area contributed by atoms with Gasteiger partial charge in [-0.3, -0.25) is 0 Å². The number of hydrogen-bond acceptors (Lipinski definition) is 3. The highest BCUT2D eigenvalue weighted by Crippen LogP contribution is 2.30. The Morgan fingerprint density at radius 3 is 2.61 bits per heavy atom. The van der Waals surface area contributed by atoms with Crippen LogP contribution in [0.4, 0.5) is 0 Å². The van der Waals surface area contributed by atoms with E-state index in [4.69, 9.17) is 9.72 Å². The quantitative estimate of drug-likeness (QED) is 0.640. The van der Waals surface area contributed by atoms with Gasteiger partial charge in [0.05, 0.1) is 18.1 Å². The molecule has 0 saturated carbocycles. The predicted molar refractivity (Wildman–Crippen MR) is 76.0 cm³/mol. The topological polar surface area (TPSA) is 35.0 Å². The van der Waals surface area contributed by atoms with Crippen LogP contribution in [-0.4, -0.2) is 17.1 Å². The lowest BCUT2D eigenvalue weighted by molar-refractivity contribution is 0.419. The van der Waals surface area contributed by atoms with Crippen LogP contribution in [0, 0.1) is 6.92 Å². The van der Waals surface area contributed by atoms with E-state index < -0.39 is 0 Å². The number of aromatic nitrogens is 2. The summed E-state index contributed by atoms with van der Waals surface area (Å²) in [7, 11) is 1.64. The Bertz CT molecular complexity index is 755. The molecule has 0 aliphatic heterocycles. The van der Waals surface area contributed by atoms with Gasteiger partial charge in [0, 0.05) is 4.47 Å². The Morgan fingerprint density at radius 2 is 1.83 bits per heavy atom. The summed E-state index contributed by atoms with van der Waals surface area (Å²) in [5.41, 5.74) is 4.55. The van der Waals surface area contributed by atoms with Crippen LogP contribution in [0.2, 0.25) is 0 Å². The van der Waals surface area contributed by atoms with Gasteiger partial charge in [-0.2, -0.15) is 0 Å². The summed E-state index contributed by atoms with van der Waals surface area (Å²) < 4.78 is 6.27. The van der Waals surface area contributed by atoms with Gasteiger partial charge in [0.15, 0.2) is 0 Å². The Labute approximate surface area is 113 Å². The van der Waals surface area contributed by atoms with Crippen molar-refractivity contribution in [2.75, 3.05) is 7.11 Å². The molecule has 0 amide bonds. The number of methoxy groups -OCH3 is 1. The van der Waals surface area contributed by atoms with Crippen molar-refractivity contribution in [3.63, 3.8) is 0 Å². The lowest BCUT2D eigenvalue weighted by atomic mass is 10.2. The molecule has 3 aromatic rings. The first kappa shape index (κ1) is 11.4. The average Bonchev–Trinajstić information content (AvgIpc) is 2.38. The molecule has 3 nitrogen and oxygen atoms in total. The Kier molecular flexibility index (Phi) is 2.67. The van der Waals surface area contributed by atoms with Crippen molar-refractivity contribution in [2.24, 2.45) is 0 Å². The van der Waals surface area contributed by atoms with Crippen LogP contribution < -0.4 is 4.74 Å². The molecular weight excluding hydrogens is 292 g/mol. The molecule has 2 aromatic carbocycles. The van der Waals surface area contributed by atoms with E-state index in [0.29, 0.717) is 0 Å². The number of para-hydroxylation sites is 1. The normalized spacial score (nSPS) is 11.1. The SMILES string of the molecule is COc1ccc(Br)c2nc3c(C)cccc3nc12. The van der Waals surface area contributed by atoms with Crippen molar-refractivity contribution in [3.05, 3.63) is 40.4 Å². The van der Waals surface area contributed by atoms with Crippen molar-refractivity contribution in [1.82, 2.24) is 9.97 Å². The van der Waals surface area contributed by atoms with Gasteiger partial charge in [0.1, 0.15) is 16.8 Å². The molecular formula is C14H11BrN2O. The molecule has 18 heavy (non-hydrogen) atoms. The molecule has 0 saturated heterocycles. The van der Waals surface area contributed by atoms with E-state index in [9.17, 15) is 0 Å². The largest absolute Gasteiger partial charge is 0.494 e. The van der Waals surface area contributed by atoms with Crippen molar-refractivity contribution in [3.8, 4) is 5.75 Å². The lowest BCUT2D eigenvalue weighted by Crippen LogP contribution is -1.93. The minimum Gasteiger partial charge on any atom is -0.494 e. The van der Waals surface area contributed by atoms with E-state index in [2.05, 4.69) is 20.9 Å². The molecule has 1 heterocycles. The molecule has 0 radical (unpaired) electrons. The summed E-state index contributed by atoms with van der Waals surface area (Å²) in [4.78, 5) is 9.35. The van der Waals surface area contributed by atoms with Crippen LogP contribution in [0.25, 0.3) is 22.1 Å². The molecule has 0 unspecified atom stereocenters. The van der Waals surface area contributed by atoms with E-state index in [0.717, 1.165) is 37.9 Å². The number of aryl methyl sites for hydroxylation is 1. The van der Waals surface area contributed by atoms with Gasteiger partial charge < -0.3 is 4.74 Å². The van der Waals surface area contributed by atoms with Crippen LogP contribution in [0.15, 0.2) is 34.8 Å². The zero-order chi connectivity index (χ0) is 12.7. The van der Waals surface area contributed by atoms with Crippen LogP contribution >= 0.6 is 15.9 Å². The molecule has 1 aromatic heterocycles. The molecule has 3 rings (SSSR count). The maximum absolute atomic E-state index is 5.34. The van der Waals surface area contributed by atoms with Gasteiger partial charge in [-0.05, 0) is 46.6 Å². The number of hydrogen-bond donors (Lipinski definition) is 0. The standard InChI is InChI=1S/C14H11BrN2O/c1-8-4-3-5-10-12(8)17-13-9(15)6-7-11(18-2)14(13)16-10/h3-7H,1-2H3. The summed E-state index contributed by atoms with van der Waals surface area (Å²) in [6.45, 7) is 2.04. The van der Waals surface area contributed by atoms with Gasteiger partial charge >= 0.3 is 0 Å². The maximum Gasteiger partial charge on any atom is 0.146 e. The zero-order valence-electron chi connectivity index (χ0n) is 10.1. The second kappa shape index (κ2) is 4.21. The smallest absolute Gasteiger partial charge is 0.146 e. The second-order valence-corrected chi connectivity index (χ2v) is 4.97. The summed E-state index contributed by atoms with van der Waals surface area (Å²) in [6.07, 6.45) is 0. The highest BCUT2D eigenvalue weighted by atomic mass is 79.9. The van der Waals surface area contributed by atoms with Gasteiger partial charge in [0.25, 0.3) is 0 Å². The van der Waals surface area contributed by atoms with Crippen molar-refractivity contribution in [1.29, 1.82) is 0 Å². The van der Waals surface area contributed by atoms with Crippen LogP contribution in [-0.2, 0) is 0 Å². The maximum atomic E-state index is 5.34. The molecule has 0 bridgehead atoms. The average molecular weight is 303 g/mol. The number of rotatable bonds is 1. The van der Waals surface area contributed by atoms with Crippen molar-refractivity contribution >= 4 is 38.0 Å². The third kappa shape index (κ3) is 1.64. The molecule has 0 aliphatic rings. The fraction of sp³-hybridized carbons (Fsp3) is 0.143. The summed E-state index contributed by atoms with van der Waals surface area (Å²) in [6, 6.07) is 9.82. The highest BCUT2D eigenvalue weighted by Gasteiger charge is 2.10. The summed E-state index contributed by atoms with van der Waals surface area (Å²) in [5, 5.41) is 0. The van der Waals surface area contributed by atoms with Crippen LogP contribution in [0.5, 0.6) is 5.75 Å². The molecule has 90 valence electrons. The first-order valence-electron chi connectivity index (χ1n) is 5.60. The van der Waals surface area contributed by atoms with Gasteiger partial charge in [-0.1, -0.05) is 12.1 Å². The Morgan fingerprint density at radius 1 is 1.00 bits per heavy atom. The zero-order valence-corrected chi connectivity index (χ0v) is 11.7. The van der Waals surface area contributed by atoms with Crippen molar-refractivity contribution < 1.29 is 4.74 Å². The summed E-state index contributed by atoms with van der Waals surface area (Å²) >= 11 is 3.51. The van der Waals surface area contributed by atoms with E-state index in [-0.39, 0.29) is 0 Å². The molecule has 0 N–H and O–H groups in total. The van der Waals surface area contributed by atoms with Crippen LogP contribution in [0.1, 0.15) is 5.56 Å². The predicted octanol–water partition coefficient (Wildman–Crippen LogP) is 3.86. The molecule has 0 spiro atoms. The number of nitrogens with zero attached hydrogens (tertiary/aromatic N) is 2. The number of ether oxygens (including phenoxy) is 1. The van der Waals surface area contributed by atoms with E-state index in [1.165, 1.54) is 0 Å². The third-order valence-electron chi connectivity index (χ3n) is 2.96. The van der Waals surface area contributed by atoms with Gasteiger partial charge in [-0.25, -0.2) is 9.97 Å². The van der Waals surface area contributed by atoms with Crippen LogP contribution in [0.3, 0.4) is 0 Å². The number of benzene rings is 2. The fourth-order valence-corrected chi connectivity index (χ4v) is 2.44. The molecule has 0 aliphatic carbocycles. The first-order valence-corrected chi connectivity index (χ1v) is 6.39. The van der Waals surface area contributed by atoms with E-state index >= 15 is 0 Å². The van der Waals surface area contributed by atoms with Gasteiger partial charge in [0.2, 0.25) is 0 Å². The lowest BCUT2D eigenvalue weighted by Gasteiger charge is -2.08. The minimum atomic E-state index is 0.740. The minimum absolute atomic E-state index is 0.740. The second-order valence-electron chi connectivity index (χ2n) is 4.11. The highest BCUT2D eigenvalue weighted by molar-refractivity contribution is 9.10. The fourth-order valence-electron chi connectivity index (χ4n) is 2.03. The Balaban J connectivity index is 2.52. The van der Waals surface area contributed by atoms with Crippen molar-refractivity contribution in [2.45, 2.75) is 6.92 Å². The number of halogens is 1. The monoisotopic (exact) mass is 302 g/mol. The van der Waals surface area contributed by atoms with E-state index in [1.54, 1.807) is 7.11 Å².